The molecule has 3 N–H and O–H groups in total. The van der Waals surface area contributed by atoms with Crippen molar-refractivity contribution in [3.8, 4) is 5.75 Å². The monoisotopic (exact) mass is 306 g/mol. The van der Waals surface area contributed by atoms with E-state index in [2.05, 4.69) is 4.72 Å². The maximum Gasteiger partial charge on any atom is 0.237 e. The van der Waals surface area contributed by atoms with Gasteiger partial charge in [0.15, 0.2) is 0 Å². The van der Waals surface area contributed by atoms with Crippen molar-refractivity contribution < 1.29 is 13.2 Å². The van der Waals surface area contributed by atoms with E-state index in [0.29, 0.717) is 22.6 Å². The highest BCUT2D eigenvalue weighted by Gasteiger charge is 2.16. The van der Waals surface area contributed by atoms with Crippen molar-refractivity contribution in [3.05, 3.63) is 59.7 Å². The van der Waals surface area contributed by atoms with E-state index in [-0.39, 0.29) is 12.3 Å². The van der Waals surface area contributed by atoms with Gasteiger partial charge in [0.2, 0.25) is 10.0 Å². The molecular formula is C15H18N2O3S. The second kappa shape index (κ2) is 6.60. The van der Waals surface area contributed by atoms with Crippen molar-refractivity contribution in [3.63, 3.8) is 0 Å². The Morgan fingerprint density at radius 3 is 2.43 bits per heavy atom. The molecule has 0 radical (unpaired) electrons. The molecule has 0 saturated carbocycles. The van der Waals surface area contributed by atoms with Crippen LogP contribution >= 0.6 is 0 Å². The van der Waals surface area contributed by atoms with E-state index in [1.165, 1.54) is 7.11 Å². The fraction of sp³-hybridized carbons (Fsp3) is 0.200. The summed E-state index contributed by atoms with van der Waals surface area (Å²) in [6.45, 7) is 0.223. The Morgan fingerprint density at radius 2 is 1.81 bits per heavy atom. The first-order valence-electron chi connectivity index (χ1n) is 6.46. The number of hydrogen-bond donors (Lipinski definition) is 2. The van der Waals surface area contributed by atoms with Gasteiger partial charge in [-0.05, 0) is 17.2 Å². The van der Waals surface area contributed by atoms with Crippen LogP contribution in [0.4, 0.5) is 5.69 Å². The SMILES string of the molecule is COc1cccc(CN)c1NS(=O)(=O)Cc1ccccc1. The average molecular weight is 306 g/mol. The Bertz CT molecular complexity index is 678. The zero-order chi connectivity index (χ0) is 15.3. The molecule has 0 unspecified atom stereocenters. The van der Waals surface area contributed by atoms with Crippen LogP contribution in [0.15, 0.2) is 48.5 Å². The highest BCUT2D eigenvalue weighted by Crippen LogP contribution is 2.29. The molecule has 0 aliphatic carbocycles. The van der Waals surface area contributed by atoms with Crippen molar-refractivity contribution in [1.29, 1.82) is 0 Å². The number of rotatable bonds is 6. The zero-order valence-electron chi connectivity index (χ0n) is 11.7. The van der Waals surface area contributed by atoms with Gasteiger partial charge in [-0.15, -0.1) is 0 Å². The molecule has 0 heterocycles. The van der Waals surface area contributed by atoms with E-state index >= 15 is 0 Å². The van der Waals surface area contributed by atoms with Gasteiger partial charge in [-0.2, -0.15) is 0 Å². The molecular weight excluding hydrogens is 288 g/mol. The number of ether oxygens (including phenoxy) is 1. The normalized spacial score (nSPS) is 11.1. The summed E-state index contributed by atoms with van der Waals surface area (Å²) in [6.07, 6.45) is 0. The summed E-state index contributed by atoms with van der Waals surface area (Å²) >= 11 is 0. The molecule has 112 valence electrons. The van der Waals surface area contributed by atoms with Gasteiger partial charge >= 0.3 is 0 Å². The smallest absolute Gasteiger partial charge is 0.237 e. The summed E-state index contributed by atoms with van der Waals surface area (Å²) in [4.78, 5) is 0. The van der Waals surface area contributed by atoms with Crippen LogP contribution in [0.1, 0.15) is 11.1 Å². The molecule has 0 amide bonds. The Morgan fingerprint density at radius 1 is 1.10 bits per heavy atom. The minimum Gasteiger partial charge on any atom is -0.495 e. The summed E-state index contributed by atoms with van der Waals surface area (Å²) in [5.74, 6) is 0.352. The summed E-state index contributed by atoms with van der Waals surface area (Å²) in [6, 6.07) is 14.2. The largest absolute Gasteiger partial charge is 0.495 e. The zero-order valence-corrected chi connectivity index (χ0v) is 12.6. The Kier molecular flexibility index (Phi) is 4.82. The number of nitrogens with two attached hydrogens (primary N) is 1. The molecule has 21 heavy (non-hydrogen) atoms. The van der Waals surface area contributed by atoms with E-state index in [9.17, 15) is 8.42 Å². The lowest BCUT2D eigenvalue weighted by Gasteiger charge is -2.15. The van der Waals surface area contributed by atoms with Crippen molar-refractivity contribution in [2.45, 2.75) is 12.3 Å². The summed E-state index contributed by atoms with van der Waals surface area (Å²) in [7, 11) is -2.05. The summed E-state index contributed by atoms with van der Waals surface area (Å²) in [5.41, 5.74) is 7.46. The van der Waals surface area contributed by atoms with E-state index in [1.807, 2.05) is 6.07 Å². The van der Waals surface area contributed by atoms with Gasteiger partial charge in [0.1, 0.15) is 5.75 Å². The van der Waals surface area contributed by atoms with Crippen LogP contribution in [0, 0.1) is 0 Å². The van der Waals surface area contributed by atoms with Gasteiger partial charge in [-0.25, -0.2) is 8.42 Å². The molecule has 0 aliphatic rings. The van der Waals surface area contributed by atoms with Crippen LogP contribution in [0.25, 0.3) is 0 Å². The van der Waals surface area contributed by atoms with Crippen molar-refractivity contribution in [2.75, 3.05) is 11.8 Å². The van der Waals surface area contributed by atoms with Crippen LogP contribution < -0.4 is 15.2 Å². The predicted octanol–water partition coefficient (Wildman–Crippen LogP) is 2.10. The van der Waals surface area contributed by atoms with Crippen LogP contribution in [0.5, 0.6) is 5.75 Å². The van der Waals surface area contributed by atoms with Gasteiger partial charge in [0.05, 0.1) is 18.6 Å². The average Bonchev–Trinajstić information content (AvgIpc) is 2.47. The Balaban J connectivity index is 2.28. The first-order valence-corrected chi connectivity index (χ1v) is 8.11. The van der Waals surface area contributed by atoms with Gasteiger partial charge in [0, 0.05) is 6.54 Å². The molecule has 0 fully saturated rings. The highest BCUT2D eigenvalue weighted by molar-refractivity contribution is 7.91. The fourth-order valence-electron chi connectivity index (χ4n) is 2.02. The number of benzene rings is 2. The first kappa shape index (κ1) is 15.3. The van der Waals surface area contributed by atoms with E-state index in [4.69, 9.17) is 10.5 Å². The third-order valence-corrected chi connectivity index (χ3v) is 4.24. The van der Waals surface area contributed by atoms with E-state index in [1.54, 1.807) is 42.5 Å². The molecule has 0 aromatic heterocycles. The lowest BCUT2D eigenvalue weighted by molar-refractivity contribution is 0.416. The molecule has 5 nitrogen and oxygen atoms in total. The van der Waals surface area contributed by atoms with E-state index < -0.39 is 10.0 Å². The molecule has 2 aromatic carbocycles. The molecule has 0 saturated heterocycles. The van der Waals surface area contributed by atoms with Crippen LogP contribution in [-0.2, 0) is 22.3 Å². The second-order valence-electron chi connectivity index (χ2n) is 4.55. The molecule has 0 aliphatic heterocycles. The number of para-hydroxylation sites is 1. The lowest BCUT2D eigenvalue weighted by atomic mass is 10.1. The number of hydrogen-bond acceptors (Lipinski definition) is 4. The van der Waals surface area contributed by atoms with Gasteiger partial charge in [-0.1, -0.05) is 42.5 Å². The van der Waals surface area contributed by atoms with Crippen molar-refractivity contribution in [2.24, 2.45) is 5.73 Å². The minimum absolute atomic E-state index is 0.101. The second-order valence-corrected chi connectivity index (χ2v) is 6.27. The van der Waals surface area contributed by atoms with Crippen molar-refractivity contribution in [1.82, 2.24) is 0 Å². The van der Waals surface area contributed by atoms with Crippen molar-refractivity contribution >= 4 is 15.7 Å². The summed E-state index contributed by atoms with van der Waals surface area (Å²) in [5, 5.41) is 0. The number of methoxy groups -OCH3 is 1. The molecule has 6 heteroatoms. The lowest BCUT2D eigenvalue weighted by Crippen LogP contribution is -2.17. The van der Waals surface area contributed by atoms with Gasteiger partial charge in [0.25, 0.3) is 0 Å². The minimum atomic E-state index is -3.54. The Labute approximate surface area is 124 Å². The van der Waals surface area contributed by atoms with Crippen LogP contribution in [0.2, 0.25) is 0 Å². The van der Waals surface area contributed by atoms with Crippen LogP contribution in [-0.4, -0.2) is 15.5 Å². The third-order valence-electron chi connectivity index (χ3n) is 3.01. The predicted molar refractivity (Wildman–Crippen MR) is 83.6 cm³/mol. The third kappa shape index (κ3) is 3.96. The molecule has 0 atom stereocenters. The van der Waals surface area contributed by atoms with Crippen LogP contribution in [0.3, 0.4) is 0 Å². The standard InChI is InChI=1S/C15H18N2O3S/c1-20-14-9-5-8-13(10-16)15(14)17-21(18,19)11-12-6-3-2-4-7-12/h2-9,17H,10-11,16H2,1H3. The summed E-state index contributed by atoms with van der Waals surface area (Å²) < 4.78 is 32.4. The highest BCUT2D eigenvalue weighted by atomic mass is 32.2. The number of nitrogens with one attached hydrogen (secondary N) is 1. The molecule has 0 spiro atoms. The number of sulfonamides is 1. The van der Waals surface area contributed by atoms with E-state index in [0.717, 1.165) is 0 Å². The molecule has 2 rings (SSSR count). The molecule has 0 bridgehead atoms. The maximum atomic E-state index is 12.3. The topological polar surface area (TPSA) is 81.4 Å². The molecule has 2 aromatic rings. The van der Waals surface area contributed by atoms with Gasteiger partial charge < -0.3 is 10.5 Å². The first-order chi connectivity index (χ1) is 10.1. The van der Waals surface area contributed by atoms with Gasteiger partial charge in [-0.3, -0.25) is 4.72 Å². The quantitative estimate of drug-likeness (QED) is 0.856. The fourth-order valence-corrected chi connectivity index (χ4v) is 3.26. The maximum absolute atomic E-state index is 12.3. The Hall–Kier alpha value is -2.05. The number of anilines is 1.